The van der Waals surface area contributed by atoms with Crippen LogP contribution in [0.15, 0.2) is 24.3 Å². The number of para-hydroxylation sites is 2. The van der Waals surface area contributed by atoms with E-state index >= 15 is 0 Å². The van der Waals surface area contributed by atoms with E-state index in [9.17, 15) is 0 Å². The standard InChI is InChI=1S/C14H21ClN2O/c1-12(2)18-14-7-4-3-6-13(14)16-8-5-9-17(15)11-10-16/h3-4,6-7,12H,5,8-11H2,1-2H3. The molecule has 1 saturated heterocycles. The van der Waals surface area contributed by atoms with Crippen LogP contribution in [0.1, 0.15) is 20.3 Å². The molecule has 0 saturated carbocycles. The average Bonchev–Trinajstić information content (AvgIpc) is 2.54. The SMILES string of the molecule is CC(C)Oc1ccccc1N1CCCN(Cl)CC1. The minimum Gasteiger partial charge on any atom is -0.489 e. The summed E-state index contributed by atoms with van der Waals surface area (Å²) in [6.45, 7) is 7.92. The first-order valence-corrected chi connectivity index (χ1v) is 6.92. The number of halogens is 1. The average molecular weight is 269 g/mol. The molecule has 1 aliphatic rings. The maximum Gasteiger partial charge on any atom is 0.142 e. The van der Waals surface area contributed by atoms with Crippen LogP contribution in [0.5, 0.6) is 5.75 Å². The minimum absolute atomic E-state index is 0.197. The zero-order valence-corrected chi connectivity index (χ0v) is 11.9. The first-order valence-electron chi connectivity index (χ1n) is 6.58. The van der Waals surface area contributed by atoms with Crippen LogP contribution < -0.4 is 9.64 Å². The lowest BCUT2D eigenvalue weighted by molar-refractivity contribution is 0.243. The minimum atomic E-state index is 0.197. The van der Waals surface area contributed by atoms with Crippen LogP contribution in [0.3, 0.4) is 0 Å². The van der Waals surface area contributed by atoms with E-state index in [4.69, 9.17) is 16.5 Å². The van der Waals surface area contributed by atoms with Gasteiger partial charge in [-0.05, 0) is 44.2 Å². The largest absolute Gasteiger partial charge is 0.489 e. The van der Waals surface area contributed by atoms with Crippen molar-refractivity contribution in [1.82, 2.24) is 4.42 Å². The Morgan fingerprint density at radius 2 is 1.89 bits per heavy atom. The number of hydrogen-bond acceptors (Lipinski definition) is 3. The van der Waals surface area contributed by atoms with E-state index in [2.05, 4.69) is 30.9 Å². The topological polar surface area (TPSA) is 15.7 Å². The van der Waals surface area contributed by atoms with Crippen molar-refractivity contribution in [1.29, 1.82) is 0 Å². The van der Waals surface area contributed by atoms with Gasteiger partial charge in [-0.15, -0.1) is 0 Å². The summed E-state index contributed by atoms with van der Waals surface area (Å²) in [6.07, 6.45) is 1.28. The van der Waals surface area contributed by atoms with Crippen LogP contribution in [0.4, 0.5) is 5.69 Å². The third-order valence-electron chi connectivity index (χ3n) is 3.01. The summed E-state index contributed by atoms with van der Waals surface area (Å²) >= 11 is 6.07. The van der Waals surface area contributed by atoms with Crippen molar-refractivity contribution >= 4 is 17.5 Å². The predicted molar refractivity (Wildman–Crippen MR) is 76.5 cm³/mol. The number of nitrogens with zero attached hydrogens (tertiary/aromatic N) is 2. The molecule has 1 aromatic rings. The smallest absolute Gasteiger partial charge is 0.142 e. The highest BCUT2D eigenvalue weighted by Gasteiger charge is 2.17. The molecule has 1 aliphatic heterocycles. The molecule has 0 unspecified atom stereocenters. The Morgan fingerprint density at radius 3 is 2.67 bits per heavy atom. The molecule has 0 amide bonds. The normalized spacial score (nSPS) is 17.9. The van der Waals surface area contributed by atoms with Gasteiger partial charge >= 0.3 is 0 Å². The fraction of sp³-hybridized carbons (Fsp3) is 0.571. The number of ether oxygens (including phenoxy) is 1. The van der Waals surface area contributed by atoms with Crippen LogP contribution in [-0.2, 0) is 0 Å². The van der Waals surface area contributed by atoms with Crippen LogP contribution >= 0.6 is 11.8 Å². The molecule has 1 fully saturated rings. The fourth-order valence-corrected chi connectivity index (χ4v) is 2.39. The summed E-state index contributed by atoms with van der Waals surface area (Å²) < 4.78 is 7.74. The molecule has 0 spiro atoms. The molecule has 0 aliphatic carbocycles. The van der Waals surface area contributed by atoms with Gasteiger partial charge in [-0.3, -0.25) is 0 Å². The second-order valence-corrected chi connectivity index (χ2v) is 5.36. The van der Waals surface area contributed by atoms with Gasteiger partial charge in [0.25, 0.3) is 0 Å². The molecule has 1 aromatic carbocycles. The Balaban J connectivity index is 2.15. The Hall–Kier alpha value is -0.930. The molecule has 0 bridgehead atoms. The highest BCUT2D eigenvalue weighted by molar-refractivity contribution is 6.13. The lowest BCUT2D eigenvalue weighted by Crippen LogP contribution is -2.28. The van der Waals surface area contributed by atoms with Gasteiger partial charge in [0.2, 0.25) is 0 Å². The first kappa shape index (κ1) is 13.5. The molecule has 3 nitrogen and oxygen atoms in total. The van der Waals surface area contributed by atoms with Crippen LogP contribution in [0.25, 0.3) is 0 Å². The molecule has 4 heteroatoms. The molecule has 0 aromatic heterocycles. The third kappa shape index (κ3) is 3.53. The van der Waals surface area contributed by atoms with Crippen molar-refractivity contribution in [2.45, 2.75) is 26.4 Å². The van der Waals surface area contributed by atoms with E-state index in [0.717, 1.165) is 38.3 Å². The molecular weight excluding hydrogens is 248 g/mol. The maximum atomic E-state index is 6.07. The summed E-state index contributed by atoms with van der Waals surface area (Å²) in [5.41, 5.74) is 1.18. The van der Waals surface area contributed by atoms with Gasteiger partial charge in [0.05, 0.1) is 11.8 Å². The van der Waals surface area contributed by atoms with Gasteiger partial charge in [-0.2, -0.15) is 0 Å². The summed E-state index contributed by atoms with van der Waals surface area (Å²) in [5, 5.41) is 0. The van der Waals surface area contributed by atoms with Gasteiger partial charge in [0, 0.05) is 26.2 Å². The summed E-state index contributed by atoms with van der Waals surface area (Å²) in [7, 11) is 0. The Morgan fingerprint density at radius 1 is 1.11 bits per heavy atom. The Bertz CT molecular complexity index is 384. The van der Waals surface area contributed by atoms with E-state index in [1.165, 1.54) is 5.69 Å². The molecule has 1 heterocycles. The van der Waals surface area contributed by atoms with Gasteiger partial charge in [-0.25, -0.2) is 4.42 Å². The number of hydrogen-bond donors (Lipinski definition) is 0. The van der Waals surface area contributed by atoms with E-state index in [1.807, 2.05) is 16.6 Å². The van der Waals surface area contributed by atoms with E-state index in [-0.39, 0.29) is 6.10 Å². The van der Waals surface area contributed by atoms with Crippen molar-refractivity contribution in [3.8, 4) is 5.75 Å². The lowest BCUT2D eigenvalue weighted by Gasteiger charge is -2.25. The molecular formula is C14H21ClN2O. The Kier molecular flexibility index (Phi) is 4.72. The van der Waals surface area contributed by atoms with Crippen LogP contribution in [0, 0.1) is 0 Å². The monoisotopic (exact) mass is 268 g/mol. The quantitative estimate of drug-likeness (QED) is 0.784. The molecule has 0 atom stereocenters. The van der Waals surface area contributed by atoms with Crippen molar-refractivity contribution < 1.29 is 4.74 Å². The van der Waals surface area contributed by atoms with E-state index in [1.54, 1.807) is 0 Å². The lowest BCUT2D eigenvalue weighted by atomic mass is 10.2. The predicted octanol–water partition coefficient (Wildman–Crippen LogP) is 3.14. The number of benzene rings is 1. The van der Waals surface area contributed by atoms with Crippen molar-refractivity contribution in [3.05, 3.63) is 24.3 Å². The van der Waals surface area contributed by atoms with Crippen LogP contribution in [0.2, 0.25) is 0 Å². The first-order chi connectivity index (χ1) is 8.66. The van der Waals surface area contributed by atoms with Gasteiger partial charge < -0.3 is 9.64 Å². The number of rotatable bonds is 3. The highest BCUT2D eigenvalue weighted by atomic mass is 35.5. The maximum absolute atomic E-state index is 6.07. The second kappa shape index (κ2) is 6.30. The summed E-state index contributed by atoms with van der Waals surface area (Å²) in [6, 6.07) is 8.25. The van der Waals surface area contributed by atoms with E-state index in [0.29, 0.717) is 0 Å². The molecule has 2 rings (SSSR count). The highest BCUT2D eigenvalue weighted by Crippen LogP contribution is 2.29. The molecule has 100 valence electrons. The zero-order chi connectivity index (χ0) is 13.0. The number of anilines is 1. The van der Waals surface area contributed by atoms with Gasteiger partial charge in [0.1, 0.15) is 5.75 Å². The van der Waals surface area contributed by atoms with Crippen molar-refractivity contribution in [2.75, 3.05) is 31.1 Å². The summed E-state index contributed by atoms with van der Waals surface area (Å²) in [4.78, 5) is 2.36. The zero-order valence-electron chi connectivity index (χ0n) is 11.1. The van der Waals surface area contributed by atoms with Crippen molar-refractivity contribution in [2.24, 2.45) is 0 Å². The van der Waals surface area contributed by atoms with E-state index < -0.39 is 0 Å². The van der Waals surface area contributed by atoms with Crippen LogP contribution in [-0.4, -0.2) is 36.7 Å². The van der Waals surface area contributed by atoms with Gasteiger partial charge in [-0.1, -0.05) is 12.1 Å². The Labute approximate surface area is 114 Å². The molecule has 0 radical (unpaired) electrons. The summed E-state index contributed by atoms with van der Waals surface area (Å²) in [5.74, 6) is 0.968. The molecule has 18 heavy (non-hydrogen) atoms. The van der Waals surface area contributed by atoms with Crippen molar-refractivity contribution in [3.63, 3.8) is 0 Å². The fourth-order valence-electron chi connectivity index (χ4n) is 2.20. The second-order valence-electron chi connectivity index (χ2n) is 4.88. The molecule has 0 N–H and O–H groups in total. The third-order valence-corrected chi connectivity index (χ3v) is 3.35. The van der Waals surface area contributed by atoms with Gasteiger partial charge in [0.15, 0.2) is 0 Å².